The molecule has 1 aromatic rings. The van der Waals surface area contributed by atoms with Crippen molar-refractivity contribution in [1.29, 1.82) is 0 Å². The van der Waals surface area contributed by atoms with Crippen LogP contribution in [-0.4, -0.2) is 22.0 Å². The van der Waals surface area contributed by atoms with Crippen molar-refractivity contribution in [3.8, 4) is 0 Å². The summed E-state index contributed by atoms with van der Waals surface area (Å²) in [6, 6.07) is 2.81. The van der Waals surface area contributed by atoms with Crippen LogP contribution in [0.25, 0.3) is 0 Å². The molecule has 1 amide bonds. The van der Waals surface area contributed by atoms with Gasteiger partial charge in [-0.2, -0.15) is 0 Å². The number of fused-ring (bicyclic) bond motifs is 2. The van der Waals surface area contributed by atoms with E-state index in [1.54, 1.807) is 0 Å². The molecule has 19 heavy (non-hydrogen) atoms. The Hall–Kier alpha value is -1.91. The van der Waals surface area contributed by atoms with Gasteiger partial charge in [0.15, 0.2) is 0 Å². The third kappa shape index (κ3) is 2.32. The molecular formula is C14H16N2O3. The molecule has 3 unspecified atom stereocenters. The fourth-order valence-electron chi connectivity index (χ4n) is 3.42. The summed E-state index contributed by atoms with van der Waals surface area (Å²) in [5.41, 5.74) is 0.137. The van der Waals surface area contributed by atoms with Crippen molar-refractivity contribution in [3.63, 3.8) is 0 Å². The molecule has 100 valence electrons. The molecule has 1 heterocycles. The topological polar surface area (TPSA) is 79.3 Å². The second-order valence-electron chi connectivity index (χ2n) is 5.51. The number of hydrogen-bond acceptors (Lipinski definition) is 3. The first-order valence-corrected chi connectivity index (χ1v) is 6.63. The van der Waals surface area contributed by atoms with E-state index in [4.69, 9.17) is 5.11 Å². The van der Waals surface area contributed by atoms with Gasteiger partial charge in [-0.15, -0.1) is 0 Å². The highest BCUT2D eigenvalue weighted by Gasteiger charge is 2.43. The molecule has 0 aromatic carbocycles. The van der Waals surface area contributed by atoms with Crippen molar-refractivity contribution in [3.05, 3.63) is 23.9 Å². The lowest BCUT2D eigenvalue weighted by atomic mass is 9.88. The Kier molecular flexibility index (Phi) is 2.97. The highest BCUT2D eigenvalue weighted by Crippen LogP contribution is 2.48. The fraction of sp³-hybridized carbons (Fsp3) is 0.500. The van der Waals surface area contributed by atoms with Gasteiger partial charge in [0.05, 0.1) is 5.56 Å². The van der Waals surface area contributed by atoms with Gasteiger partial charge in [-0.25, -0.2) is 9.78 Å². The maximum atomic E-state index is 12.2. The Morgan fingerprint density at radius 1 is 1.32 bits per heavy atom. The molecule has 2 fully saturated rings. The summed E-state index contributed by atoms with van der Waals surface area (Å²) in [7, 11) is 0. The third-order valence-corrected chi connectivity index (χ3v) is 4.33. The lowest BCUT2D eigenvalue weighted by Crippen LogP contribution is -2.27. The van der Waals surface area contributed by atoms with E-state index in [-0.39, 0.29) is 17.4 Å². The van der Waals surface area contributed by atoms with E-state index in [0.717, 1.165) is 12.8 Å². The second kappa shape index (κ2) is 4.64. The van der Waals surface area contributed by atoms with E-state index < -0.39 is 5.97 Å². The minimum atomic E-state index is -1.02. The van der Waals surface area contributed by atoms with Crippen LogP contribution >= 0.6 is 0 Å². The molecular weight excluding hydrogens is 244 g/mol. The van der Waals surface area contributed by atoms with Crippen LogP contribution in [0.1, 0.15) is 36.0 Å². The molecule has 0 saturated heterocycles. The number of rotatable bonds is 3. The lowest BCUT2D eigenvalue weighted by Gasteiger charge is -2.20. The van der Waals surface area contributed by atoms with E-state index in [2.05, 4.69) is 10.3 Å². The van der Waals surface area contributed by atoms with E-state index >= 15 is 0 Å². The number of anilines is 1. The molecule has 0 spiro atoms. The number of pyridine rings is 1. The Bertz CT molecular complexity index is 529. The molecule has 2 N–H and O–H groups in total. The molecule has 0 aliphatic heterocycles. The van der Waals surface area contributed by atoms with Crippen LogP contribution in [-0.2, 0) is 4.79 Å². The van der Waals surface area contributed by atoms with Crippen LogP contribution in [0.2, 0.25) is 0 Å². The predicted octanol–water partition coefficient (Wildman–Crippen LogP) is 2.15. The van der Waals surface area contributed by atoms with Crippen LogP contribution in [0.15, 0.2) is 18.3 Å². The molecule has 2 bridgehead atoms. The number of aromatic carboxylic acids is 1. The molecule has 5 heteroatoms. The molecule has 2 aliphatic carbocycles. The first-order valence-electron chi connectivity index (χ1n) is 6.63. The van der Waals surface area contributed by atoms with Gasteiger partial charge in [0, 0.05) is 12.1 Å². The van der Waals surface area contributed by atoms with Crippen molar-refractivity contribution in [2.45, 2.75) is 25.7 Å². The van der Waals surface area contributed by atoms with Gasteiger partial charge < -0.3 is 10.4 Å². The van der Waals surface area contributed by atoms with Crippen LogP contribution in [0, 0.1) is 17.8 Å². The van der Waals surface area contributed by atoms with Gasteiger partial charge in [-0.1, -0.05) is 6.42 Å². The SMILES string of the molecule is O=C(O)c1ccnc(NC(=O)C2CC3CCC2C3)c1. The second-order valence-corrected chi connectivity index (χ2v) is 5.51. The Balaban J connectivity index is 1.69. The Morgan fingerprint density at radius 2 is 2.16 bits per heavy atom. The van der Waals surface area contributed by atoms with Crippen LogP contribution < -0.4 is 5.32 Å². The Morgan fingerprint density at radius 3 is 2.79 bits per heavy atom. The zero-order valence-electron chi connectivity index (χ0n) is 10.5. The van der Waals surface area contributed by atoms with Crippen LogP contribution in [0.3, 0.4) is 0 Å². The highest BCUT2D eigenvalue weighted by atomic mass is 16.4. The predicted molar refractivity (Wildman–Crippen MR) is 68.8 cm³/mol. The van der Waals surface area contributed by atoms with E-state index in [1.165, 1.54) is 31.2 Å². The Labute approximate surface area is 111 Å². The van der Waals surface area contributed by atoms with Gasteiger partial charge >= 0.3 is 5.97 Å². The molecule has 3 atom stereocenters. The quantitative estimate of drug-likeness (QED) is 0.872. The number of nitrogens with zero attached hydrogens (tertiary/aromatic N) is 1. The maximum absolute atomic E-state index is 12.2. The number of carboxylic acid groups (broad SMARTS) is 1. The molecule has 5 nitrogen and oxygen atoms in total. The van der Waals surface area contributed by atoms with Crippen LogP contribution in [0.4, 0.5) is 5.82 Å². The van der Waals surface area contributed by atoms with Crippen molar-refractivity contribution in [1.82, 2.24) is 4.98 Å². The summed E-state index contributed by atoms with van der Waals surface area (Å²) in [5.74, 6) is 0.591. The fourth-order valence-corrected chi connectivity index (χ4v) is 3.42. The normalized spacial score (nSPS) is 28.3. The first-order chi connectivity index (χ1) is 9.13. The average molecular weight is 260 g/mol. The first kappa shape index (κ1) is 12.1. The van der Waals surface area contributed by atoms with Crippen LogP contribution in [0.5, 0.6) is 0 Å². The largest absolute Gasteiger partial charge is 0.478 e. The minimum Gasteiger partial charge on any atom is -0.478 e. The number of carboxylic acids is 1. The zero-order valence-corrected chi connectivity index (χ0v) is 10.5. The number of carbonyl (C=O) groups is 2. The minimum absolute atomic E-state index is 0.0118. The van der Waals surface area contributed by atoms with Gasteiger partial charge in [0.2, 0.25) is 5.91 Å². The molecule has 3 rings (SSSR count). The maximum Gasteiger partial charge on any atom is 0.335 e. The molecule has 0 radical (unpaired) electrons. The molecule has 2 saturated carbocycles. The number of aromatic nitrogens is 1. The number of nitrogens with one attached hydrogen (secondary N) is 1. The monoisotopic (exact) mass is 260 g/mol. The van der Waals surface area contributed by atoms with E-state index in [1.807, 2.05) is 0 Å². The standard InChI is InChI=1S/C14H16N2O3/c17-13(11-6-8-1-2-9(11)5-8)16-12-7-10(14(18)19)3-4-15-12/h3-4,7-9,11H,1-2,5-6H2,(H,18,19)(H,15,16,17). The number of hydrogen-bond donors (Lipinski definition) is 2. The summed E-state index contributed by atoms with van der Waals surface area (Å²) >= 11 is 0. The van der Waals surface area contributed by atoms with E-state index in [9.17, 15) is 9.59 Å². The summed E-state index contributed by atoms with van der Waals surface area (Å²) in [5, 5.41) is 11.7. The summed E-state index contributed by atoms with van der Waals surface area (Å²) in [4.78, 5) is 27.0. The number of carbonyl (C=O) groups excluding carboxylic acids is 1. The average Bonchev–Trinajstić information content (AvgIpc) is 3.01. The summed E-state index contributed by atoms with van der Waals surface area (Å²) < 4.78 is 0. The van der Waals surface area contributed by atoms with E-state index in [0.29, 0.717) is 17.7 Å². The third-order valence-electron chi connectivity index (χ3n) is 4.33. The summed E-state index contributed by atoms with van der Waals surface area (Å²) in [6.45, 7) is 0. The molecule has 2 aliphatic rings. The molecule has 1 aromatic heterocycles. The highest BCUT2D eigenvalue weighted by molar-refractivity contribution is 5.94. The zero-order chi connectivity index (χ0) is 13.4. The van der Waals surface area contributed by atoms with Gasteiger partial charge in [0.25, 0.3) is 0 Å². The van der Waals surface area contributed by atoms with Gasteiger partial charge in [-0.3, -0.25) is 4.79 Å². The summed E-state index contributed by atoms with van der Waals surface area (Å²) in [6.07, 6.45) is 5.93. The van der Waals surface area contributed by atoms with Gasteiger partial charge in [-0.05, 0) is 43.2 Å². The van der Waals surface area contributed by atoms with Crippen molar-refractivity contribution in [2.75, 3.05) is 5.32 Å². The smallest absolute Gasteiger partial charge is 0.335 e. The van der Waals surface area contributed by atoms with Crippen molar-refractivity contribution in [2.24, 2.45) is 17.8 Å². The van der Waals surface area contributed by atoms with Gasteiger partial charge in [0.1, 0.15) is 5.82 Å². The van der Waals surface area contributed by atoms with Crippen molar-refractivity contribution < 1.29 is 14.7 Å². The number of amides is 1. The van der Waals surface area contributed by atoms with Crippen molar-refractivity contribution >= 4 is 17.7 Å². The lowest BCUT2D eigenvalue weighted by molar-refractivity contribution is -0.121.